The van der Waals surface area contributed by atoms with Crippen LogP contribution >= 0.6 is 0 Å². The number of carbonyl (C=O) groups excluding carboxylic acids is 1. The van der Waals surface area contributed by atoms with Crippen molar-refractivity contribution in [1.29, 1.82) is 0 Å². The molecule has 6 nitrogen and oxygen atoms in total. The van der Waals surface area contributed by atoms with E-state index in [1.807, 2.05) is 31.2 Å². The van der Waals surface area contributed by atoms with Gasteiger partial charge in [0.25, 0.3) is 5.56 Å². The van der Waals surface area contributed by atoms with Crippen LogP contribution in [0.25, 0.3) is 0 Å². The summed E-state index contributed by atoms with van der Waals surface area (Å²) in [5.41, 5.74) is 2.86. The maximum absolute atomic E-state index is 12.2. The van der Waals surface area contributed by atoms with Gasteiger partial charge in [0.2, 0.25) is 5.91 Å². The lowest BCUT2D eigenvalue weighted by atomic mass is 10.1. The van der Waals surface area contributed by atoms with Gasteiger partial charge in [-0.1, -0.05) is 17.7 Å². The number of aromatic nitrogens is 2. The highest BCUT2D eigenvalue weighted by Gasteiger charge is 2.10. The van der Waals surface area contributed by atoms with Gasteiger partial charge in [0.15, 0.2) is 0 Å². The van der Waals surface area contributed by atoms with Gasteiger partial charge in [0.1, 0.15) is 17.3 Å². The Hall–Kier alpha value is -3.41. The summed E-state index contributed by atoms with van der Waals surface area (Å²) < 4.78 is 5.78. The van der Waals surface area contributed by atoms with E-state index in [4.69, 9.17) is 4.74 Å². The SMILES string of the molecule is Cc1ccc(Oc2ccc(NC(=O)CCc3c(C)nc(C)[nH]c3=O)cc2)cc1. The molecule has 1 heterocycles. The Morgan fingerprint density at radius 2 is 1.61 bits per heavy atom. The van der Waals surface area contributed by atoms with E-state index < -0.39 is 0 Å². The number of aryl methyl sites for hydroxylation is 3. The van der Waals surface area contributed by atoms with Crippen molar-refractivity contribution in [3.05, 3.63) is 81.5 Å². The van der Waals surface area contributed by atoms with Crippen molar-refractivity contribution in [2.75, 3.05) is 5.32 Å². The van der Waals surface area contributed by atoms with Gasteiger partial charge in [0, 0.05) is 23.4 Å². The number of amides is 1. The van der Waals surface area contributed by atoms with Crippen LogP contribution in [0, 0.1) is 20.8 Å². The molecule has 144 valence electrons. The van der Waals surface area contributed by atoms with Crippen LogP contribution in [0.4, 0.5) is 5.69 Å². The second-order valence-corrected chi connectivity index (χ2v) is 6.70. The zero-order valence-electron chi connectivity index (χ0n) is 16.2. The van der Waals surface area contributed by atoms with Crippen LogP contribution in [0.2, 0.25) is 0 Å². The number of hydrogen-bond acceptors (Lipinski definition) is 4. The molecular weight excluding hydrogens is 354 g/mol. The summed E-state index contributed by atoms with van der Waals surface area (Å²) in [5.74, 6) is 1.86. The van der Waals surface area contributed by atoms with Crippen LogP contribution in [-0.2, 0) is 11.2 Å². The van der Waals surface area contributed by atoms with Crippen molar-refractivity contribution in [3.8, 4) is 11.5 Å². The molecule has 0 atom stereocenters. The van der Waals surface area contributed by atoms with Crippen LogP contribution in [-0.4, -0.2) is 15.9 Å². The molecule has 0 bridgehead atoms. The molecule has 0 aliphatic rings. The van der Waals surface area contributed by atoms with Gasteiger partial charge in [-0.05, 0) is 63.6 Å². The number of nitrogens with one attached hydrogen (secondary N) is 2. The number of carbonyl (C=O) groups is 1. The van der Waals surface area contributed by atoms with Crippen LogP contribution in [0.3, 0.4) is 0 Å². The summed E-state index contributed by atoms with van der Waals surface area (Å²) >= 11 is 0. The van der Waals surface area contributed by atoms with E-state index in [1.165, 1.54) is 5.56 Å². The number of rotatable bonds is 6. The molecule has 0 fully saturated rings. The average molecular weight is 377 g/mol. The van der Waals surface area contributed by atoms with E-state index in [1.54, 1.807) is 38.1 Å². The lowest BCUT2D eigenvalue weighted by Crippen LogP contribution is -2.20. The largest absolute Gasteiger partial charge is 0.457 e. The Kier molecular flexibility index (Phi) is 5.89. The molecule has 0 radical (unpaired) electrons. The fraction of sp³-hybridized carbons (Fsp3) is 0.227. The third-order valence-corrected chi connectivity index (χ3v) is 4.34. The fourth-order valence-electron chi connectivity index (χ4n) is 2.86. The van der Waals surface area contributed by atoms with Crippen molar-refractivity contribution in [2.45, 2.75) is 33.6 Å². The fourth-order valence-corrected chi connectivity index (χ4v) is 2.86. The van der Waals surface area contributed by atoms with Crippen LogP contribution < -0.4 is 15.6 Å². The standard InChI is InChI=1S/C22H23N3O3/c1-14-4-8-18(9-5-14)28-19-10-6-17(7-11-19)25-21(26)13-12-20-15(2)23-16(3)24-22(20)27/h4-11H,12-13H2,1-3H3,(H,25,26)(H,23,24,27). The van der Waals surface area contributed by atoms with E-state index in [9.17, 15) is 9.59 Å². The number of benzene rings is 2. The molecule has 0 aliphatic heterocycles. The molecule has 2 aromatic carbocycles. The van der Waals surface area contributed by atoms with E-state index in [0.717, 1.165) is 5.75 Å². The first-order valence-corrected chi connectivity index (χ1v) is 9.11. The molecule has 6 heteroatoms. The number of anilines is 1. The summed E-state index contributed by atoms with van der Waals surface area (Å²) in [7, 11) is 0. The Morgan fingerprint density at radius 3 is 2.21 bits per heavy atom. The van der Waals surface area contributed by atoms with Gasteiger partial charge < -0.3 is 15.0 Å². The minimum Gasteiger partial charge on any atom is -0.457 e. The van der Waals surface area contributed by atoms with Gasteiger partial charge in [-0.15, -0.1) is 0 Å². The van der Waals surface area contributed by atoms with Crippen LogP contribution in [0.5, 0.6) is 11.5 Å². The van der Waals surface area contributed by atoms with Gasteiger partial charge in [-0.25, -0.2) is 4.98 Å². The number of nitrogens with zero attached hydrogens (tertiary/aromatic N) is 1. The number of hydrogen-bond donors (Lipinski definition) is 2. The third-order valence-electron chi connectivity index (χ3n) is 4.34. The van der Waals surface area contributed by atoms with Crippen molar-refractivity contribution in [2.24, 2.45) is 0 Å². The number of H-pyrrole nitrogens is 1. The van der Waals surface area contributed by atoms with Crippen molar-refractivity contribution in [3.63, 3.8) is 0 Å². The lowest BCUT2D eigenvalue weighted by Gasteiger charge is -2.09. The van der Waals surface area contributed by atoms with Crippen molar-refractivity contribution in [1.82, 2.24) is 9.97 Å². The minimum atomic E-state index is -0.185. The molecule has 0 aliphatic carbocycles. The highest BCUT2D eigenvalue weighted by atomic mass is 16.5. The molecule has 0 saturated carbocycles. The maximum atomic E-state index is 12.2. The predicted octanol–water partition coefficient (Wildman–Crippen LogP) is 4.06. The first-order chi connectivity index (χ1) is 13.4. The summed E-state index contributed by atoms with van der Waals surface area (Å²) in [5, 5.41) is 2.83. The Labute approximate surface area is 163 Å². The minimum absolute atomic E-state index is 0.161. The van der Waals surface area contributed by atoms with E-state index >= 15 is 0 Å². The quantitative estimate of drug-likeness (QED) is 0.678. The lowest BCUT2D eigenvalue weighted by molar-refractivity contribution is -0.116. The zero-order chi connectivity index (χ0) is 20.1. The van der Waals surface area contributed by atoms with E-state index in [-0.39, 0.29) is 17.9 Å². The highest BCUT2D eigenvalue weighted by Crippen LogP contribution is 2.23. The Balaban J connectivity index is 1.56. The molecule has 2 N–H and O–H groups in total. The summed E-state index contributed by atoms with van der Waals surface area (Å²) in [4.78, 5) is 31.1. The van der Waals surface area contributed by atoms with E-state index in [0.29, 0.717) is 34.9 Å². The van der Waals surface area contributed by atoms with Crippen molar-refractivity contribution >= 4 is 11.6 Å². The van der Waals surface area contributed by atoms with Gasteiger partial charge >= 0.3 is 0 Å². The summed E-state index contributed by atoms with van der Waals surface area (Å²) in [6.07, 6.45) is 0.547. The van der Waals surface area contributed by atoms with Crippen molar-refractivity contribution < 1.29 is 9.53 Å². The monoisotopic (exact) mass is 377 g/mol. The van der Waals surface area contributed by atoms with Gasteiger partial charge in [0.05, 0.1) is 0 Å². The molecule has 1 amide bonds. The Bertz CT molecular complexity index is 1020. The number of ether oxygens (including phenoxy) is 1. The zero-order valence-corrected chi connectivity index (χ0v) is 16.2. The molecule has 3 rings (SSSR count). The van der Waals surface area contributed by atoms with E-state index in [2.05, 4.69) is 15.3 Å². The summed E-state index contributed by atoms with van der Waals surface area (Å²) in [6.45, 7) is 5.54. The molecular formula is C22H23N3O3. The molecule has 0 saturated heterocycles. The van der Waals surface area contributed by atoms with Crippen LogP contribution in [0.1, 0.15) is 29.1 Å². The smallest absolute Gasteiger partial charge is 0.254 e. The first-order valence-electron chi connectivity index (χ1n) is 9.11. The molecule has 28 heavy (non-hydrogen) atoms. The molecule has 3 aromatic rings. The predicted molar refractivity (Wildman–Crippen MR) is 109 cm³/mol. The van der Waals surface area contributed by atoms with Crippen LogP contribution in [0.15, 0.2) is 53.3 Å². The third kappa shape index (κ3) is 5.07. The average Bonchev–Trinajstić information content (AvgIpc) is 2.64. The normalized spacial score (nSPS) is 10.5. The molecule has 1 aromatic heterocycles. The summed E-state index contributed by atoms with van der Waals surface area (Å²) in [6, 6.07) is 15.0. The van der Waals surface area contributed by atoms with Gasteiger partial charge in [-0.3, -0.25) is 9.59 Å². The second-order valence-electron chi connectivity index (χ2n) is 6.70. The first kappa shape index (κ1) is 19.4. The topological polar surface area (TPSA) is 84.1 Å². The second kappa shape index (κ2) is 8.52. The Morgan fingerprint density at radius 1 is 1.00 bits per heavy atom. The van der Waals surface area contributed by atoms with Gasteiger partial charge in [-0.2, -0.15) is 0 Å². The maximum Gasteiger partial charge on any atom is 0.254 e. The highest BCUT2D eigenvalue weighted by molar-refractivity contribution is 5.90. The molecule has 0 spiro atoms. The molecule has 0 unspecified atom stereocenters. The number of aromatic amines is 1.